The van der Waals surface area contributed by atoms with Crippen molar-refractivity contribution in [1.82, 2.24) is 10.2 Å². The van der Waals surface area contributed by atoms with Crippen LogP contribution < -0.4 is 5.32 Å². The van der Waals surface area contributed by atoms with E-state index in [1.807, 2.05) is 0 Å². The van der Waals surface area contributed by atoms with Gasteiger partial charge in [0.2, 0.25) is 5.91 Å². The van der Waals surface area contributed by atoms with Crippen LogP contribution in [0.4, 0.5) is 0 Å². The molecule has 16 heavy (non-hydrogen) atoms. The third-order valence-electron chi connectivity index (χ3n) is 3.30. The highest BCUT2D eigenvalue weighted by atomic mass is 16.3. The first kappa shape index (κ1) is 13.5. The second kappa shape index (κ2) is 6.21. The molecule has 2 N–H and O–H groups in total. The number of likely N-dealkylation sites (N-methyl/N-ethyl adjacent to an activating group) is 1. The molecule has 0 bridgehead atoms. The second-order valence-electron chi connectivity index (χ2n) is 4.87. The first-order chi connectivity index (χ1) is 7.54. The van der Waals surface area contributed by atoms with Crippen molar-refractivity contribution in [3.8, 4) is 0 Å². The lowest BCUT2D eigenvalue weighted by Crippen LogP contribution is -2.50. The molecule has 4 nitrogen and oxygen atoms in total. The normalized spacial score (nSPS) is 27.5. The molecule has 0 aromatic rings. The molecule has 1 aliphatic rings. The van der Waals surface area contributed by atoms with Gasteiger partial charge in [-0.2, -0.15) is 0 Å². The van der Waals surface area contributed by atoms with E-state index in [2.05, 4.69) is 12.2 Å². The summed E-state index contributed by atoms with van der Waals surface area (Å²) in [4.78, 5) is 13.7. The van der Waals surface area contributed by atoms with Gasteiger partial charge in [-0.1, -0.05) is 13.3 Å². The van der Waals surface area contributed by atoms with Gasteiger partial charge in [0.25, 0.3) is 0 Å². The van der Waals surface area contributed by atoms with Crippen molar-refractivity contribution >= 4 is 5.91 Å². The molecule has 4 heteroatoms. The summed E-state index contributed by atoms with van der Waals surface area (Å²) < 4.78 is 0. The number of piperidine rings is 1. The lowest BCUT2D eigenvalue weighted by atomic mass is 9.90. The van der Waals surface area contributed by atoms with Crippen LogP contribution in [0.2, 0.25) is 0 Å². The number of aliphatic hydroxyl groups excluding tert-OH is 1. The van der Waals surface area contributed by atoms with Crippen molar-refractivity contribution in [3.05, 3.63) is 0 Å². The predicted octanol–water partition coefficient (Wildman–Crippen LogP) is 0.604. The summed E-state index contributed by atoms with van der Waals surface area (Å²) in [5, 5.41) is 12.5. The van der Waals surface area contributed by atoms with Gasteiger partial charge in [0.15, 0.2) is 0 Å². The standard InChI is InChI=1S/C12H24N2O2/c1-4-10-5-6-13-11(7-10)12(16)14(3)8-9(2)15/h9-11,13,15H,4-8H2,1-3H3. The number of hydrogen-bond donors (Lipinski definition) is 2. The van der Waals surface area contributed by atoms with Crippen molar-refractivity contribution in [2.24, 2.45) is 5.92 Å². The van der Waals surface area contributed by atoms with Crippen LogP contribution in [-0.4, -0.2) is 48.2 Å². The van der Waals surface area contributed by atoms with Crippen LogP contribution in [0, 0.1) is 5.92 Å². The molecular formula is C12H24N2O2. The molecule has 1 amide bonds. The van der Waals surface area contributed by atoms with Gasteiger partial charge in [-0.05, 0) is 32.2 Å². The van der Waals surface area contributed by atoms with Crippen molar-refractivity contribution in [1.29, 1.82) is 0 Å². The number of rotatable bonds is 4. The van der Waals surface area contributed by atoms with Gasteiger partial charge in [0.1, 0.15) is 0 Å². The van der Waals surface area contributed by atoms with Gasteiger partial charge in [0, 0.05) is 13.6 Å². The third-order valence-corrected chi connectivity index (χ3v) is 3.30. The first-order valence-corrected chi connectivity index (χ1v) is 6.21. The van der Waals surface area contributed by atoms with Gasteiger partial charge >= 0.3 is 0 Å². The first-order valence-electron chi connectivity index (χ1n) is 6.21. The molecule has 3 atom stereocenters. The minimum atomic E-state index is -0.459. The van der Waals surface area contributed by atoms with Crippen LogP contribution in [0.5, 0.6) is 0 Å². The third kappa shape index (κ3) is 3.76. The van der Waals surface area contributed by atoms with Crippen LogP contribution in [0.1, 0.15) is 33.1 Å². The van der Waals surface area contributed by atoms with E-state index in [-0.39, 0.29) is 11.9 Å². The quantitative estimate of drug-likeness (QED) is 0.741. The lowest BCUT2D eigenvalue weighted by Gasteiger charge is -2.32. The maximum absolute atomic E-state index is 12.0. The monoisotopic (exact) mass is 228 g/mol. The second-order valence-corrected chi connectivity index (χ2v) is 4.87. The van der Waals surface area contributed by atoms with E-state index < -0.39 is 6.10 Å². The van der Waals surface area contributed by atoms with E-state index in [1.165, 1.54) is 6.42 Å². The van der Waals surface area contributed by atoms with E-state index in [1.54, 1.807) is 18.9 Å². The number of hydrogen-bond acceptors (Lipinski definition) is 3. The average Bonchev–Trinajstić information content (AvgIpc) is 2.27. The highest BCUT2D eigenvalue weighted by Gasteiger charge is 2.28. The van der Waals surface area contributed by atoms with Crippen LogP contribution in [0.25, 0.3) is 0 Å². The summed E-state index contributed by atoms with van der Waals surface area (Å²) in [7, 11) is 1.76. The van der Waals surface area contributed by atoms with E-state index in [4.69, 9.17) is 0 Å². The Morgan fingerprint density at radius 2 is 2.31 bits per heavy atom. The minimum absolute atomic E-state index is 0.0533. The number of aliphatic hydroxyl groups is 1. The van der Waals surface area contributed by atoms with Crippen LogP contribution in [0.15, 0.2) is 0 Å². The van der Waals surface area contributed by atoms with Crippen molar-refractivity contribution in [2.75, 3.05) is 20.1 Å². The maximum atomic E-state index is 12.0. The molecule has 0 spiro atoms. The van der Waals surface area contributed by atoms with Gasteiger partial charge in [-0.3, -0.25) is 4.79 Å². The number of nitrogens with one attached hydrogen (secondary N) is 1. The zero-order valence-corrected chi connectivity index (χ0v) is 10.6. The molecule has 1 saturated heterocycles. The highest BCUT2D eigenvalue weighted by Crippen LogP contribution is 2.20. The van der Waals surface area contributed by atoms with Crippen molar-refractivity contribution < 1.29 is 9.90 Å². The van der Waals surface area contributed by atoms with E-state index in [0.717, 1.165) is 19.4 Å². The molecule has 1 rings (SSSR count). The number of carbonyl (C=O) groups excluding carboxylic acids is 1. The smallest absolute Gasteiger partial charge is 0.239 e. The zero-order valence-electron chi connectivity index (χ0n) is 10.6. The topological polar surface area (TPSA) is 52.6 Å². The van der Waals surface area contributed by atoms with Crippen LogP contribution >= 0.6 is 0 Å². The molecule has 0 aromatic heterocycles. The zero-order chi connectivity index (χ0) is 12.1. The maximum Gasteiger partial charge on any atom is 0.239 e. The van der Waals surface area contributed by atoms with E-state index >= 15 is 0 Å². The molecule has 0 saturated carbocycles. The number of amides is 1. The van der Waals surface area contributed by atoms with Gasteiger partial charge in [0.05, 0.1) is 12.1 Å². The van der Waals surface area contributed by atoms with Crippen LogP contribution in [0.3, 0.4) is 0 Å². The summed E-state index contributed by atoms with van der Waals surface area (Å²) in [6, 6.07) is -0.0533. The highest BCUT2D eigenvalue weighted by molar-refractivity contribution is 5.81. The average molecular weight is 228 g/mol. The van der Waals surface area contributed by atoms with Crippen molar-refractivity contribution in [3.63, 3.8) is 0 Å². The lowest BCUT2D eigenvalue weighted by molar-refractivity contribution is -0.134. The SMILES string of the molecule is CCC1CCNC(C(=O)N(C)CC(C)O)C1. The fourth-order valence-corrected chi connectivity index (χ4v) is 2.31. The Bertz CT molecular complexity index is 231. The Morgan fingerprint density at radius 1 is 1.62 bits per heavy atom. The summed E-state index contributed by atoms with van der Waals surface area (Å²) >= 11 is 0. The molecule has 94 valence electrons. The Hall–Kier alpha value is -0.610. The fraction of sp³-hybridized carbons (Fsp3) is 0.917. The Kier molecular flexibility index (Phi) is 5.22. The number of carbonyl (C=O) groups is 1. The summed E-state index contributed by atoms with van der Waals surface area (Å²) in [6.07, 6.45) is 2.78. The minimum Gasteiger partial charge on any atom is -0.392 e. The Balaban J connectivity index is 2.46. The van der Waals surface area contributed by atoms with Gasteiger partial charge < -0.3 is 15.3 Å². The Labute approximate surface area is 98.0 Å². The van der Waals surface area contributed by atoms with E-state index in [9.17, 15) is 9.90 Å². The fourth-order valence-electron chi connectivity index (χ4n) is 2.31. The molecule has 1 heterocycles. The molecule has 3 unspecified atom stereocenters. The molecular weight excluding hydrogens is 204 g/mol. The molecule has 0 radical (unpaired) electrons. The number of nitrogens with zero attached hydrogens (tertiary/aromatic N) is 1. The Morgan fingerprint density at radius 3 is 2.88 bits per heavy atom. The van der Waals surface area contributed by atoms with Gasteiger partial charge in [-0.25, -0.2) is 0 Å². The summed E-state index contributed by atoms with van der Waals surface area (Å²) in [6.45, 7) is 5.22. The summed E-state index contributed by atoms with van der Waals surface area (Å²) in [5.74, 6) is 0.772. The van der Waals surface area contributed by atoms with Crippen LogP contribution in [-0.2, 0) is 4.79 Å². The van der Waals surface area contributed by atoms with Gasteiger partial charge in [-0.15, -0.1) is 0 Å². The summed E-state index contributed by atoms with van der Waals surface area (Å²) in [5.41, 5.74) is 0. The van der Waals surface area contributed by atoms with Crippen molar-refractivity contribution in [2.45, 2.75) is 45.3 Å². The molecule has 1 aliphatic heterocycles. The predicted molar refractivity (Wildman–Crippen MR) is 64.1 cm³/mol. The molecule has 0 aromatic carbocycles. The van der Waals surface area contributed by atoms with E-state index in [0.29, 0.717) is 12.5 Å². The molecule has 1 fully saturated rings. The molecule has 0 aliphatic carbocycles. The largest absolute Gasteiger partial charge is 0.392 e.